The maximum Gasteiger partial charge on any atom is 0.407 e. The van der Waals surface area contributed by atoms with Crippen molar-refractivity contribution >= 4 is 18.0 Å². The molecule has 0 aromatic heterocycles. The van der Waals surface area contributed by atoms with Gasteiger partial charge in [-0.25, -0.2) is 9.59 Å². The molecule has 4 N–H and O–H groups in total. The molecule has 0 radical (unpaired) electrons. The van der Waals surface area contributed by atoms with E-state index >= 15 is 0 Å². The molecule has 1 aliphatic rings. The second kappa shape index (κ2) is 10.9. The van der Waals surface area contributed by atoms with Gasteiger partial charge in [0.25, 0.3) is 0 Å². The Labute approximate surface area is 192 Å². The molecule has 9 heteroatoms. The Hall–Kier alpha value is -3.43. The van der Waals surface area contributed by atoms with Gasteiger partial charge >= 0.3 is 12.1 Å². The van der Waals surface area contributed by atoms with Crippen LogP contribution in [0.4, 0.5) is 4.79 Å². The van der Waals surface area contributed by atoms with Gasteiger partial charge in [0.1, 0.15) is 18.7 Å². The zero-order valence-corrected chi connectivity index (χ0v) is 18.7. The van der Waals surface area contributed by atoms with Crippen LogP contribution < -0.4 is 10.6 Å². The van der Waals surface area contributed by atoms with Crippen LogP contribution in [0.1, 0.15) is 23.5 Å². The number of rotatable bonds is 10. The molecular weight excluding hydrogens is 426 g/mol. The average molecular weight is 456 g/mol. The highest BCUT2D eigenvalue weighted by Gasteiger charge is 2.30. The first kappa shape index (κ1) is 24.2. The number of nitrogens with one attached hydrogen (secondary N) is 2. The number of carboxylic acids is 1. The third-order valence-electron chi connectivity index (χ3n) is 5.53. The molecule has 0 saturated carbocycles. The second-order valence-corrected chi connectivity index (χ2v) is 8.20. The van der Waals surface area contributed by atoms with Crippen molar-refractivity contribution in [3.05, 3.63) is 59.7 Å². The van der Waals surface area contributed by atoms with Crippen LogP contribution in [0, 0.1) is 0 Å². The molecule has 3 rings (SSSR count). The van der Waals surface area contributed by atoms with Gasteiger partial charge in [0.05, 0.1) is 0 Å². The van der Waals surface area contributed by atoms with Crippen molar-refractivity contribution in [3.63, 3.8) is 0 Å². The van der Waals surface area contributed by atoms with E-state index in [0.717, 1.165) is 22.3 Å². The van der Waals surface area contributed by atoms with Crippen LogP contribution in [-0.2, 0) is 14.3 Å². The molecule has 1 aliphatic carbocycles. The smallest absolute Gasteiger partial charge is 0.407 e. The van der Waals surface area contributed by atoms with Crippen LogP contribution in [0.3, 0.4) is 0 Å². The van der Waals surface area contributed by atoms with E-state index < -0.39 is 36.7 Å². The van der Waals surface area contributed by atoms with E-state index in [9.17, 15) is 19.5 Å². The summed E-state index contributed by atoms with van der Waals surface area (Å²) >= 11 is 0. The number of aliphatic carboxylic acids is 1. The van der Waals surface area contributed by atoms with Crippen LogP contribution >= 0.6 is 0 Å². The minimum absolute atomic E-state index is 0.0957. The van der Waals surface area contributed by atoms with Gasteiger partial charge in [-0.1, -0.05) is 48.5 Å². The third-order valence-corrected chi connectivity index (χ3v) is 5.53. The lowest BCUT2D eigenvalue weighted by Crippen LogP contribution is -2.55. The van der Waals surface area contributed by atoms with Crippen LogP contribution in [0.2, 0.25) is 0 Å². The predicted molar refractivity (Wildman–Crippen MR) is 122 cm³/mol. The Morgan fingerprint density at radius 3 is 2.06 bits per heavy atom. The molecule has 2 amide bonds. The van der Waals surface area contributed by atoms with Crippen LogP contribution in [0.5, 0.6) is 0 Å². The average Bonchev–Trinajstić information content (AvgIpc) is 3.10. The highest BCUT2D eigenvalue weighted by Crippen LogP contribution is 2.44. The van der Waals surface area contributed by atoms with Gasteiger partial charge in [0, 0.05) is 25.5 Å². The molecule has 176 valence electrons. The molecule has 0 unspecified atom stereocenters. The minimum Gasteiger partial charge on any atom is -0.480 e. The summed E-state index contributed by atoms with van der Waals surface area (Å²) in [5.41, 5.74) is 4.36. The molecule has 0 heterocycles. The van der Waals surface area contributed by atoms with Crippen molar-refractivity contribution < 1.29 is 29.3 Å². The number of fused-ring (bicyclic) bond motifs is 3. The number of aliphatic hydroxyl groups is 1. The summed E-state index contributed by atoms with van der Waals surface area (Å²) in [4.78, 5) is 38.2. The molecular formula is C24H29N3O6. The van der Waals surface area contributed by atoms with E-state index in [4.69, 9.17) is 9.84 Å². The van der Waals surface area contributed by atoms with Crippen LogP contribution in [0.25, 0.3) is 11.1 Å². The SMILES string of the molecule is CN(C)C[C@H](NC(=O)OCC1c2ccccc2-c2ccccc21)C(=O)N[C@H](CCO)C(=O)O. The van der Waals surface area contributed by atoms with E-state index in [1.165, 1.54) is 0 Å². The zero-order chi connectivity index (χ0) is 24.0. The number of hydrogen-bond donors (Lipinski definition) is 4. The second-order valence-electron chi connectivity index (χ2n) is 8.20. The number of benzene rings is 2. The summed E-state index contributed by atoms with van der Waals surface area (Å²) in [5, 5.41) is 23.1. The van der Waals surface area contributed by atoms with Crippen molar-refractivity contribution in [2.24, 2.45) is 0 Å². The first-order valence-electron chi connectivity index (χ1n) is 10.7. The van der Waals surface area contributed by atoms with Crippen molar-refractivity contribution in [1.29, 1.82) is 0 Å². The lowest BCUT2D eigenvalue weighted by atomic mass is 9.98. The normalized spacial score (nSPS) is 14.2. The van der Waals surface area contributed by atoms with Crippen LogP contribution in [0.15, 0.2) is 48.5 Å². The van der Waals surface area contributed by atoms with Crippen LogP contribution in [-0.4, -0.2) is 79.0 Å². The van der Waals surface area contributed by atoms with Gasteiger partial charge in [0.15, 0.2) is 0 Å². The fraction of sp³-hybridized carbons (Fsp3) is 0.375. The number of carbonyl (C=O) groups excluding carboxylic acids is 2. The number of likely N-dealkylation sites (N-methyl/N-ethyl adjacent to an activating group) is 1. The van der Waals surface area contributed by atoms with Crippen molar-refractivity contribution in [2.45, 2.75) is 24.4 Å². The molecule has 0 bridgehead atoms. The van der Waals surface area contributed by atoms with Gasteiger partial charge in [-0.05, 0) is 36.3 Å². The Balaban J connectivity index is 1.66. The quantitative estimate of drug-likeness (QED) is 0.426. The van der Waals surface area contributed by atoms with Gasteiger partial charge in [-0.15, -0.1) is 0 Å². The largest absolute Gasteiger partial charge is 0.480 e. The molecule has 33 heavy (non-hydrogen) atoms. The first-order valence-corrected chi connectivity index (χ1v) is 10.7. The van der Waals surface area contributed by atoms with E-state index in [0.29, 0.717) is 0 Å². The lowest BCUT2D eigenvalue weighted by Gasteiger charge is -2.24. The maximum atomic E-state index is 12.6. The minimum atomic E-state index is -1.26. The molecule has 0 spiro atoms. The summed E-state index contributed by atoms with van der Waals surface area (Å²) < 4.78 is 5.50. The Bertz CT molecular complexity index is 964. The summed E-state index contributed by atoms with van der Waals surface area (Å²) in [6.45, 7) is -0.157. The number of ether oxygens (including phenoxy) is 1. The highest BCUT2D eigenvalue weighted by atomic mass is 16.5. The van der Waals surface area contributed by atoms with E-state index in [-0.39, 0.29) is 25.5 Å². The number of aliphatic hydroxyl groups excluding tert-OH is 1. The Kier molecular flexibility index (Phi) is 8.02. The summed E-state index contributed by atoms with van der Waals surface area (Å²) in [6.07, 6.45) is -0.909. The molecule has 2 aromatic carbocycles. The maximum absolute atomic E-state index is 12.6. The highest BCUT2D eigenvalue weighted by molar-refractivity contribution is 5.89. The zero-order valence-electron chi connectivity index (χ0n) is 18.7. The van der Waals surface area contributed by atoms with E-state index in [2.05, 4.69) is 10.6 Å². The van der Waals surface area contributed by atoms with Crippen molar-refractivity contribution in [3.8, 4) is 11.1 Å². The van der Waals surface area contributed by atoms with E-state index in [1.54, 1.807) is 19.0 Å². The van der Waals surface area contributed by atoms with Gasteiger partial charge in [-0.3, -0.25) is 4.79 Å². The molecule has 0 aliphatic heterocycles. The van der Waals surface area contributed by atoms with Crippen molar-refractivity contribution in [2.75, 3.05) is 33.9 Å². The number of amides is 2. The molecule has 0 saturated heterocycles. The predicted octanol–water partition coefficient (Wildman–Crippen LogP) is 1.41. The molecule has 2 atom stereocenters. The molecule has 0 fully saturated rings. The van der Waals surface area contributed by atoms with Crippen molar-refractivity contribution in [1.82, 2.24) is 15.5 Å². The first-order chi connectivity index (χ1) is 15.8. The van der Waals surface area contributed by atoms with Gasteiger partial charge in [-0.2, -0.15) is 0 Å². The monoisotopic (exact) mass is 455 g/mol. The Morgan fingerprint density at radius 2 is 1.55 bits per heavy atom. The molecule has 2 aromatic rings. The summed E-state index contributed by atoms with van der Waals surface area (Å²) in [7, 11) is 3.45. The number of carbonyl (C=O) groups is 3. The van der Waals surface area contributed by atoms with Gasteiger partial charge < -0.3 is 30.5 Å². The topological polar surface area (TPSA) is 128 Å². The lowest BCUT2D eigenvalue weighted by molar-refractivity contribution is -0.142. The number of nitrogens with zero attached hydrogens (tertiary/aromatic N) is 1. The number of carboxylic acid groups (broad SMARTS) is 1. The standard InChI is InChI=1S/C24H29N3O6/c1-27(2)13-21(22(29)25-20(11-12-28)23(30)31)26-24(32)33-14-19-17-9-5-3-7-15(17)16-8-4-6-10-18(16)19/h3-10,19-21,28H,11-14H2,1-2H3,(H,25,29)(H,26,32)(H,30,31)/t20-,21+/m1/s1. The fourth-order valence-corrected chi connectivity index (χ4v) is 4.00. The number of hydrogen-bond acceptors (Lipinski definition) is 6. The molecule has 9 nitrogen and oxygen atoms in total. The number of alkyl carbamates (subject to hydrolysis) is 1. The summed E-state index contributed by atoms with van der Waals surface area (Å²) in [6, 6.07) is 13.6. The van der Waals surface area contributed by atoms with E-state index in [1.807, 2.05) is 48.5 Å². The fourth-order valence-electron chi connectivity index (χ4n) is 4.00. The van der Waals surface area contributed by atoms with Gasteiger partial charge in [0.2, 0.25) is 5.91 Å². The third kappa shape index (κ3) is 5.88. The Morgan fingerprint density at radius 1 is 0.970 bits per heavy atom. The summed E-state index contributed by atoms with van der Waals surface area (Å²) in [5.74, 6) is -2.05.